The first-order valence-electron chi connectivity index (χ1n) is 6.50. The van der Waals surface area contributed by atoms with Gasteiger partial charge in [0.25, 0.3) is 5.91 Å². The highest BCUT2D eigenvalue weighted by Gasteiger charge is 2.24. The van der Waals surface area contributed by atoms with Crippen molar-refractivity contribution in [2.24, 2.45) is 11.7 Å². The fourth-order valence-electron chi connectivity index (χ4n) is 2.44. The Balaban J connectivity index is 1.97. The molecule has 1 aromatic rings. The highest BCUT2D eigenvalue weighted by molar-refractivity contribution is 9.10. The van der Waals surface area contributed by atoms with Gasteiger partial charge in [0.15, 0.2) is 0 Å². The third kappa shape index (κ3) is 3.73. The van der Waals surface area contributed by atoms with Crippen LogP contribution in [0.4, 0.5) is 0 Å². The topological polar surface area (TPSA) is 63.4 Å². The van der Waals surface area contributed by atoms with Crippen LogP contribution < -0.4 is 5.73 Å². The van der Waals surface area contributed by atoms with Crippen molar-refractivity contribution in [1.82, 2.24) is 4.90 Å². The molecule has 1 saturated heterocycles. The second kappa shape index (κ2) is 6.59. The van der Waals surface area contributed by atoms with Crippen molar-refractivity contribution < 1.29 is 9.59 Å². The third-order valence-corrected chi connectivity index (χ3v) is 4.77. The van der Waals surface area contributed by atoms with Gasteiger partial charge >= 0.3 is 0 Å². The van der Waals surface area contributed by atoms with Crippen LogP contribution in [0, 0.1) is 5.92 Å². The Morgan fingerprint density at radius 3 is 2.55 bits per heavy atom. The number of hydrogen-bond donors (Lipinski definition) is 1. The van der Waals surface area contributed by atoms with E-state index in [1.165, 1.54) is 0 Å². The van der Waals surface area contributed by atoms with Crippen molar-refractivity contribution in [3.05, 3.63) is 33.3 Å². The van der Waals surface area contributed by atoms with E-state index in [9.17, 15) is 9.59 Å². The summed E-state index contributed by atoms with van der Waals surface area (Å²) in [4.78, 5) is 25.1. The van der Waals surface area contributed by atoms with Gasteiger partial charge < -0.3 is 10.6 Å². The summed E-state index contributed by atoms with van der Waals surface area (Å²) < 4.78 is 0.716. The van der Waals surface area contributed by atoms with Gasteiger partial charge in [0.05, 0.1) is 5.02 Å². The van der Waals surface area contributed by atoms with Gasteiger partial charge in [0, 0.05) is 29.5 Å². The summed E-state index contributed by atoms with van der Waals surface area (Å²) in [6, 6.07) is 5.17. The van der Waals surface area contributed by atoms with Crippen LogP contribution in [0.1, 0.15) is 29.6 Å². The number of carbonyl (C=O) groups excluding carboxylic acids is 2. The fraction of sp³-hybridized carbons (Fsp3) is 0.429. The number of nitrogens with zero attached hydrogens (tertiary/aromatic N) is 1. The summed E-state index contributed by atoms with van der Waals surface area (Å²) in [7, 11) is 0. The van der Waals surface area contributed by atoms with Crippen molar-refractivity contribution in [3.63, 3.8) is 0 Å². The maximum atomic E-state index is 12.4. The summed E-state index contributed by atoms with van der Waals surface area (Å²) >= 11 is 9.24. The van der Waals surface area contributed by atoms with Gasteiger partial charge in [-0.05, 0) is 52.9 Å². The van der Waals surface area contributed by atoms with Gasteiger partial charge in [-0.1, -0.05) is 11.6 Å². The minimum absolute atomic E-state index is 0.000100. The van der Waals surface area contributed by atoms with E-state index in [4.69, 9.17) is 17.3 Å². The number of benzene rings is 1. The number of rotatable bonds is 3. The maximum Gasteiger partial charge on any atom is 0.253 e. The van der Waals surface area contributed by atoms with Crippen LogP contribution in [-0.2, 0) is 4.79 Å². The molecule has 1 heterocycles. The largest absolute Gasteiger partial charge is 0.370 e. The number of amides is 2. The Bertz CT molecular complexity index is 528. The molecule has 1 aliphatic rings. The summed E-state index contributed by atoms with van der Waals surface area (Å²) in [5, 5.41) is 0.585. The van der Waals surface area contributed by atoms with Crippen LogP contribution >= 0.6 is 27.5 Å². The molecule has 0 atom stereocenters. The lowest BCUT2D eigenvalue weighted by molar-refractivity contribution is -0.119. The lowest BCUT2D eigenvalue weighted by Crippen LogP contribution is -2.39. The van der Waals surface area contributed by atoms with Crippen molar-refractivity contribution in [2.45, 2.75) is 19.3 Å². The van der Waals surface area contributed by atoms with Crippen LogP contribution in [-0.4, -0.2) is 29.8 Å². The van der Waals surface area contributed by atoms with Crippen molar-refractivity contribution in [2.75, 3.05) is 13.1 Å². The van der Waals surface area contributed by atoms with Crippen molar-refractivity contribution >= 4 is 39.3 Å². The molecule has 20 heavy (non-hydrogen) atoms. The summed E-state index contributed by atoms with van der Waals surface area (Å²) in [6.07, 6.45) is 2.06. The van der Waals surface area contributed by atoms with Gasteiger partial charge in [-0.3, -0.25) is 9.59 Å². The number of hydrogen-bond acceptors (Lipinski definition) is 2. The van der Waals surface area contributed by atoms with Gasteiger partial charge in [0.2, 0.25) is 5.91 Å². The summed E-state index contributed by atoms with van der Waals surface area (Å²) in [6.45, 7) is 1.33. The second-order valence-electron chi connectivity index (χ2n) is 5.03. The van der Waals surface area contributed by atoms with E-state index in [0.29, 0.717) is 40.5 Å². The van der Waals surface area contributed by atoms with Crippen LogP contribution in [0.3, 0.4) is 0 Å². The van der Waals surface area contributed by atoms with Crippen LogP contribution in [0.25, 0.3) is 0 Å². The Hall–Kier alpha value is -1.07. The molecule has 0 aromatic heterocycles. The monoisotopic (exact) mass is 358 g/mol. The maximum absolute atomic E-state index is 12.4. The lowest BCUT2D eigenvalue weighted by atomic mass is 9.93. The summed E-state index contributed by atoms with van der Waals surface area (Å²) in [5.41, 5.74) is 5.82. The highest BCUT2D eigenvalue weighted by atomic mass is 79.9. The van der Waals surface area contributed by atoms with Crippen molar-refractivity contribution in [3.8, 4) is 0 Å². The lowest BCUT2D eigenvalue weighted by Gasteiger charge is -2.31. The molecule has 0 spiro atoms. The zero-order valence-electron chi connectivity index (χ0n) is 10.9. The minimum atomic E-state index is -0.267. The number of halogens is 2. The first kappa shape index (κ1) is 15.3. The number of piperidine rings is 1. The van der Waals surface area contributed by atoms with Gasteiger partial charge in [-0.15, -0.1) is 0 Å². The normalized spacial score (nSPS) is 16.2. The number of primary amides is 1. The Morgan fingerprint density at radius 2 is 2.00 bits per heavy atom. The fourth-order valence-corrected chi connectivity index (χ4v) is 2.93. The number of likely N-dealkylation sites (tertiary alicyclic amines) is 1. The Morgan fingerprint density at radius 1 is 1.35 bits per heavy atom. The third-order valence-electron chi connectivity index (χ3n) is 3.56. The molecule has 2 N–H and O–H groups in total. The van der Waals surface area contributed by atoms with E-state index >= 15 is 0 Å². The highest BCUT2D eigenvalue weighted by Crippen LogP contribution is 2.26. The molecule has 0 aliphatic carbocycles. The van der Waals surface area contributed by atoms with Crippen LogP contribution in [0.15, 0.2) is 22.7 Å². The number of carbonyl (C=O) groups is 2. The molecular weight excluding hydrogens is 344 g/mol. The van der Waals surface area contributed by atoms with E-state index in [0.717, 1.165) is 12.8 Å². The second-order valence-corrected chi connectivity index (χ2v) is 6.30. The van der Waals surface area contributed by atoms with Gasteiger partial charge in [-0.2, -0.15) is 0 Å². The average Bonchev–Trinajstić information content (AvgIpc) is 2.41. The molecule has 2 rings (SSSR count). The SMILES string of the molecule is NC(=O)CC1CCN(C(=O)c2ccc(Cl)c(Br)c2)CC1. The molecule has 4 nitrogen and oxygen atoms in total. The smallest absolute Gasteiger partial charge is 0.253 e. The molecule has 0 radical (unpaired) electrons. The molecular formula is C14H16BrClN2O2. The van der Waals surface area contributed by atoms with Gasteiger partial charge in [0.1, 0.15) is 0 Å². The molecule has 6 heteroatoms. The molecule has 1 aliphatic heterocycles. The molecule has 0 saturated carbocycles. The molecule has 1 fully saturated rings. The minimum Gasteiger partial charge on any atom is -0.370 e. The van der Waals surface area contributed by atoms with E-state index in [-0.39, 0.29) is 11.8 Å². The Labute approximate surface area is 131 Å². The first-order valence-corrected chi connectivity index (χ1v) is 7.67. The van der Waals surface area contributed by atoms with E-state index in [1.54, 1.807) is 18.2 Å². The molecule has 108 valence electrons. The molecule has 2 amide bonds. The van der Waals surface area contributed by atoms with E-state index in [2.05, 4.69) is 15.9 Å². The van der Waals surface area contributed by atoms with Crippen LogP contribution in [0.2, 0.25) is 5.02 Å². The predicted octanol–water partition coefficient (Wildman–Crippen LogP) is 2.83. The zero-order valence-corrected chi connectivity index (χ0v) is 13.3. The number of nitrogens with two attached hydrogens (primary N) is 1. The average molecular weight is 360 g/mol. The Kier molecular flexibility index (Phi) is 5.05. The van der Waals surface area contributed by atoms with Crippen LogP contribution in [0.5, 0.6) is 0 Å². The predicted molar refractivity (Wildman–Crippen MR) is 81.6 cm³/mol. The molecule has 0 bridgehead atoms. The van der Waals surface area contributed by atoms with E-state index < -0.39 is 0 Å². The molecule has 0 unspecified atom stereocenters. The standard InChI is InChI=1S/C14H16BrClN2O2/c15-11-8-10(1-2-12(11)16)14(20)18-5-3-9(4-6-18)7-13(17)19/h1-2,8-9H,3-7H2,(H2,17,19). The molecule has 1 aromatic carbocycles. The quantitative estimate of drug-likeness (QED) is 0.902. The van der Waals surface area contributed by atoms with Crippen molar-refractivity contribution in [1.29, 1.82) is 0 Å². The first-order chi connectivity index (χ1) is 9.47. The zero-order chi connectivity index (χ0) is 14.7. The van der Waals surface area contributed by atoms with Gasteiger partial charge in [-0.25, -0.2) is 0 Å². The summed E-state index contributed by atoms with van der Waals surface area (Å²) in [5.74, 6) is 0.0322. The van der Waals surface area contributed by atoms with E-state index in [1.807, 2.05) is 4.90 Å².